The summed E-state index contributed by atoms with van der Waals surface area (Å²) in [7, 11) is 0. The molecule has 3 nitrogen and oxygen atoms in total. The Labute approximate surface area is 192 Å². The number of hydrogen-bond acceptors (Lipinski definition) is 3. The third kappa shape index (κ3) is 5.18. The predicted octanol–water partition coefficient (Wildman–Crippen LogP) is 5.32. The van der Waals surface area contributed by atoms with E-state index in [0.717, 1.165) is 36.9 Å². The average Bonchev–Trinajstić information content (AvgIpc) is 3.01. The van der Waals surface area contributed by atoms with Crippen molar-refractivity contribution >= 4 is 10.8 Å². The SMILES string of the molecule is Cc1cccc2cc(-c3[c-]cccc3)ncc12.OC1CCCCC2CCC(O)C12.[Ir]. The Bertz CT molecular complexity index is 946. The summed E-state index contributed by atoms with van der Waals surface area (Å²) < 4.78 is 0. The Balaban J connectivity index is 0.000000175. The maximum atomic E-state index is 9.77. The molecule has 0 saturated heterocycles. The van der Waals surface area contributed by atoms with E-state index < -0.39 is 0 Å². The second kappa shape index (κ2) is 10.6. The fraction of sp³-hybridized carbons (Fsp3) is 0.423. The Kier molecular flexibility index (Phi) is 8.19. The van der Waals surface area contributed by atoms with Crippen molar-refractivity contribution in [3.8, 4) is 11.3 Å². The zero-order valence-electron chi connectivity index (χ0n) is 17.4. The van der Waals surface area contributed by atoms with Gasteiger partial charge >= 0.3 is 0 Å². The number of benzene rings is 2. The number of rotatable bonds is 1. The first-order chi connectivity index (χ1) is 14.1. The normalized spacial score (nSPS) is 25.4. The molecule has 2 N–H and O–H groups in total. The van der Waals surface area contributed by atoms with Crippen molar-refractivity contribution < 1.29 is 30.3 Å². The van der Waals surface area contributed by atoms with Crippen LogP contribution in [0.25, 0.3) is 22.0 Å². The van der Waals surface area contributed by atoms with Crippen molar-refractivity contribution in [1.82, 2.24) is 4.98 Å². The maximum Gasteiger partial charge on any atom is 0.0595 e. The molecule has 2 fully saturated rings. The molecule has 2 saturated carbocycles. The zero-order valence-corrected chi connectivity index (χ0v) is 19.8. The van der Waals surface area contributed by atoms with E-state index in [0.29, 0.717) is 5.92 Å². The van der Waals surface area contributed by atoms with Crippen LogP contribution in [0.3, 0.4) is 0 Å². The van der Waals surface area contributed by atoms with Gasteiger partial charge in [-0.05, 0) is 55.2 Å². The number of aryl methyl sites for hydroxylation is 1. The van der Waals surface area contributed by atoms with Crippen molar-refractivity contribution in [2.75, 3.05) is 0 Å². The molecule has 1 radical (unpaired) electrons. The molecule has 4 atom stereocenters. The third-order valence-electron chi connectivity index (χ3n) is 6.56. The first-order valence-electron chi connectivity index (χ1n) is 10.8. The fourth-order valence-corrected chi connectivity index (χ4v) is 4.97. The molecule has 0 spiro atoms. The van der Waals surface area contributed by atoms with E-state index in [-0.39, 0.29) is 38.2 Å². The van der Waals surface area contributed by atoms with Gasteiger partial charge in [0.25, 0.3) is 0 Å². The number of nitrogens with zero attached hydrogens (tertiary/aromatic N) is 1. The zero-order chi connectivity index (χ0) is 20.2. The summed E-state index contributed by atoms with van der Waals surface area (Å²) in [4.78, 5) is 4.51. The van der Waals surface area contributed by atoms with Gasteiger partial charge in [-0.2, -0.15) is 0 Å². The van der Waals surface area contributed by atoms with Gasteiger partial charge < -0.3 is 15.2 Å². The molecule has 4 heteroatoms. The summed E-state index contributed by atoms with van der Waals surface area (Å²) in [5, 5.41) is 21.9. The van der Waals surface area contributed by atoms with Crippen LogP contribution in [-0.2, 0) is 20.1 Å². The van der Waals surface area contributed by atoms with E-state index in [1.54, 1.807) is 0 Å². The Morgan fingerprint density at radius 3 is 2.53 bits per heavy atom. The molecule has 2 aliphatic carbocycles. The third-order valence-corrected chi connectivity index (χ3v) is 6.56. The van der Waals surface area contributed by atoms with Crippen LogP contribution in [0.2, 0.25) is 0 Å². The molecule has 4 unspecified atom stereocenters. The van der Waals surface area contributed by atoms with Gasteiger partial charge in [0.1, 0.15) is 0 Å². The van der Waals surface area contributed by atoms with Crippen LogP contribution in [0, 0.1) is 24.8 Å². The molecule has 3 aromatic rings. The van der Waals surface area contributed by atoms with Crippen molar-refractivity contribution in [1.29, 1.82) is 0 Å². The number of hydrogen-bond donors (Lipinski definition) is 2. The summed E-state index contributed by atoms with van der Waals surface area (Å²) in [5.74, 6) is 0.810. The summed E-state index contributed by atoms with van der Waals surface area (Å²) in [6.45, 7) is 2.11. The van der Waals surface area contributed by atoms with Crippen molar-refractivity contribution in [2.45, 2.75) is 57.7 Å². The summed E-state index contributed by atoms with van der Waals surface area (Å²) in [6, 6.07) is 19.6. The van der Waals surface area contributed by atoms with Crippen molar-refractivity contribution in [3.05, 3.63) is 66.4 Å². The van der Waals surface area contributed by atoms with Crippen LogP contribution >= 0.6 is 0 Å². The van der Waals surface area contributed by atoms with Gasteiger partial charge in [0.05, 0.1) is 12.2 Å². The van der Waals surface area contributed by atoms with E-state index in [2.05, 4.69) is 42.2 Å². The summed E-state index contributed by atoms with van der Waals surface area (Å²) in [6.07, 6.45) is 8.04. The minimum absolute atomic E-state index is 0. The second-order valence-corrected chi connectivity index (χ2v) is 8.48. The quantitative estimate of drug-likeness (QED) is 0.384. The monoisotopic (exact) mass is 581 g/mol. The fourth-order valence-electron chi connectivity index (χ4n) is 4.97. The number of aromatic nitrogens is 1. The molecule has 2 aromatic carbocycles. The summed E-state index contributed by atoms with van der Waals surface area (Å²) >= 11 is 0. The van der Waals surface area contributed by atoms with Crippen molar-refractivity contribution in [2.24, 2.45) is 11.8 Å². The average molecular weight is 581 g/mol. The maximum absolute atomic E-state index is 9.77. The molecule has 0 aliphatic heterocycles. The Hall–Kier alpha value is -1.58. The molecule has 2 aliphatic rings. The smallest absolute Gasteiger partial charge is 0.0595 e. The largest absolute Gasteiger partial charge is 0.393 e. The number of aliphatic hydroxyl groups excluding tert-OH is 2. The topological polar surface area (TPSA) is 53.4 Å². The van der Waals surface area contributed by atoms with Gasteiger partial charge in [-0.3, -0.25) is 0 Å². The van der Waals surface area contributed by atoms with Gasteiger partial charge in [-0.15, -0.1) is 35.9 Å². The van der Waals surface area contributed by atoms with Crippen LogP contribution < -0.4 is 0 Å². The van der Waals surface area contributed by atoms with Gasteiger partial charge in [-0.1, -0.05) is 37.1 Å². The van der Waals surface area contributed by atoms with Crippen LogP contribution in [0.15, 0.2) is 54.7 Å². The van der Waals surface area contributed by atoms with Crippen LogP contribution in [0.5, 0.6) is 0 Å². The van der Waals surface area contributed by atoms with Crippen LogP contribution in [0.4, 0.5) is 0 Å². The number of pyridine rings is 1. The molecule has 1 heterocycles. The van der Waals surface area contributed by atoms with E-state index in [4.69, 9.17) is 0 Å². The van der Waals surface area contributed by atoms with E-state index in [1.807, 2.05) is 30.5 Å². The molecular formula is C26H30IrNO2-. The molecule has 1 aromatic heterocycles. The molecular weight excluding hydrogens is 551 g/mol. The van der Waals surface area contributed by atoms with Crippen LogP contribution in [0.1, 0.15) is 44.1 Å². The van der Waals surface area contributed by atoms with Gasteiger partial charge in [0, 0.05) is 37.6 Å². The first-order valence-corrected chi connectivity index (χ1v) is 10.8. The van der Waals surface area contributed by atoms with Gasteiger partial charge in [0.2, 0.25) is 0 Å². The molecule has 30 heavy (non-hydrogen) atoms. The van der Waals surface area contributed by atoms with Gasteiger partial charge in [-0.25, -0.2) is 0 Å². The molecule has 0 bridgehead atoms. The van der Waals surface area contributed by atoms with Gasteiger partial charge in [0.15, 0.2) is 0 Å². The van der Waals surface area contributed by atoms with E-state index in [9.17, 15) is 10.2 Å². The minimum Gasteiger partial charge on any atom is -0.393 e. The summed E-state index contributed by atoms with van der Waals surface area (Å²) in [5.41, 5.74) is 3.28. The van der Waals surface area contributed by atoms with E-state index >= 15 is 0 Å². The molecule has 5 rings (SSSR count). The Morgan fingerprint density at radius 2 is 1.73 bits per heavy atom. The standard InChI is InChI=1S/C16H12N.C10H18O2.Ir/c1-12-6-5-9-14-10-16(17-11-15(12)14)13-7-3-2-4-8-13;11-8-4-2-1-3-7-5-6-9(12)10(7)8;/h2-7,9-11H,1H3;7-12H,1-6H2;/q-1;;. The Morgan fingerprint density at radius 1 is 0.933 bits per heavy atom. The van der Waals surface area contributed by atoms with Crippen molar-refractivity contribution in [3.63, 3.8) is 0 Å². The number of fused-ring (bicyclic) bond motifs is 2. The molecule has 161 valence electrons. The number of aliphatic hydroxyl groups is 2. The van der Waals surface area contributed by atoms with E-state index in [1.165, 1.54) is 29.2 Å². The molecule has 0 amide bonds. The second-order valence-electron chi connectivity index (χ2n) is 8.48. The predicted molar refractivity (Wildman–Crippen MR) is 117 cm³/mol. The minimum atomic E-state index is -0.227. The first kappa shape index (κ1) is 23.1. The van der Waals surface area contributed by atoms with Crippen LogP contribution in [-0.4, -0.2) is 27.4 Å².